The molecule has 0 saturated heterocycles. The van der Waals surface area contributed by atoms with Crippen LogP contribution in [0.3, 0.4) is 0 Å². The number of nitrogens with one attached hydrogen (secondary N) is 1. The maximum Gasteiger partial charge on any atom is 0.149 e. The highest BCUT2D eigenvalue weighted by atomic mass is 16.5. The van der Waals surface area contributed by atoms with Gasteiger partial charge in [0.15, 0.2) is 0 Å². The lowest BCUT2D eigenvalue weighted by atomic mass is 10.1. The van der Waals surface area contributed by atoms with E-state index in [1.807, 2.05) is 78.9 Å². The van der Waals surface area contributed by atoms with E-state index in [9.17, 15) is 5.26 Å². The molecular weight excluding hydrogens is 362 g/mol. The molecule has 0 saturated carbocycles. The first kappa shape index (κ1) is 18.3. The van der Waals surface area contributed by atoms with Gasteiger partial charge in [-0.15, -0.1) is 0 Å². The maximum atomic E-state index is 9.54. The number of nitrogens with zero attached hydrogens (tertiary/aromatic N) is 2. The van der Waals surface area contributed by atoms with E-state index in [4.69, 9.17) is 9.47 Å². The molecule has 5 nitrogen and oxygen atoms in total. The molecule has 0 amide bonds. The van der Waals surface area contributed by atoms with Gasteiger partial charge < -0.3 is 14.5 Å². The summed E-state index contributed by atoms with van der Waals surface area (Å²) in [5.74, 6) is 2.14. The zero-order valence-corrected chi connectivity index (χ0v) is 15.7. The van der Waals surface area contributed by atoms with Crippen LogP contribution in [0.2, 0.25) is 0 Å². The van der Waals surface area contributed by atoms with Crippen LogP contribution in [0.4, 0.5) is 0 Å². The van der Waals surface area contributed by atoms with Crippen molar-refractivity contribution in [3.8, 4) is 17.6 Å². The van der Waals surface area contributed by atoms with Crippen molar-refractivity contribution in [1.29, 1.82) is 5.26 Å². The number of hydrogen-bond acceptors (Lipinski definition) is 4. The molecule has 0 atom stereocenters. The summed E-state index contributed by atoms with van der Waals surface area (Å²) in [6, 6.07) is 27.1. The van der Waals surface area contributed by atoms with Crippen molar-refractivity contribution in [1.82, 2.24) is 9.97 Å². The summed E-state index contributed by atoms with van der Waals surface area (Å²) in [5, 5.41) is 9.54. The molecule has 0 bridgehead atoms. The van der Waals surface area contributed by atoms with E-state index in [1.165, 1.54) is 0 Å². The number of fused-ring (bicyclic) bond motifs is 1. The Bertz CT molecular complexity index is 1120. The van der Waals surface area contributed by atoms with Gasteiger partial charge in [-0.25, -0.2) is 4.98 Å². The summed E-state index contributed by atoms with van der Waals surface area (Å²) in [6.07, 6.45) is 1.81. The minimum absolute atomic E-state index is 0.451. The Morgan fingerprint density at radius 1 is 0.862 bits per heavy atom. The maximum absolute atomic E-state index is 9.54. The van der Waals surface area contributed by atoms with Gasteiger partial charge in [0, 0.05) is 0 Å². The monoisotopic (exact) mass is 381 g/mol. The molecule has 0 unspecified atom stereocenters. The van der Waals surface area contributed by atoms with Crippen LogP contribution < -0.4 is 9.47 Å². The van der Waals surface area contributed by atoms with Crippen LogP contribution in [-0.4, -0.2) is 23.2 Å². The summed E-state index contributed by atoms with van der Waals surface area (Å²) in [5.41, 5.74) is 3.12. The van der Waals surface area contributed by atoms with Crippen LogP contribution in [0.1, 0.15) is 11.4 Å². The topological polar surface area (TPSA) is 70.9 Å². The van der Waals surface area contributed by atoms with Gasteiger partial charge in [0.2, 0.25) is 0 Å². The molecule has 0 aliphatic rings. The molecule has 0 fully saturated rings. The van der Waals surface area contributed by atoms with E-state index in [0.29, 0.717) is 24.6 Å². The average molecular weight is 381 g/mol. The molecule has 142 valence electrons. The van der Waals surface area contributed by atoms with Crippen LogP contribution in [0, 0.1) is 11.3 Å². The minimum Gasteiger partial charge on any atom is -0.490 e. The molecule has 0 spiro atoms. The Labute approximate surface area is 168 Å². The third-order valence-electron chi connectivity index (χ3n) is 4.32. The Balaban J connectivity index is 1.38. The number of benzene rings is 3. The number of imidazole rings is 1. The molecule has 1 N–H and O–H groups in total. The smallest absolute Gasteiger partial charge is 0.149 e. The molecule has 29 heavy (non-hydrogen) atoms. The van der Waals surface area contributed by atoms with Crippen molar-refractivity contribution in [2.45, 2.75) is 0 Å². The molecule has 0 radical (unpaired) electrons. The Morgan fingerprint density at radius 3 is 2.21 bits per heavy atom. The summed E-state index contributed by atoms with van der Waals surface area (Å²) < 4.78 is 11.3. The Kier molecular flexibility index (Phi) is 5.54. The second-order valence-corrected chi connectivity index (χ2v) is 6.35. The molecular formula is C24H19N3O2. The molecule has 1 aromatic heterocycles. The lowest BCUT2D eigenvalue weighted by molar-refractivity contribution is 0.217. The van der Waals surface area contributed by atoms with Crippen molar-refractivity contribution in [3.05, 3.63) is 90.3 Å². The van der Waals surface area contributed by atoms with Crippen molar-refractivity contribution in [2.24, 2.45) is 0 Å². The van der Waals surface area contributed by atoms with Crippen molar-refractivity contribution < 1.29 is 9.47 Å². The highest BCUT2D eigenvalue weighted by molar-refractivity contribution is 5.90. The second-order valence-electron chi connectivity index (χ2n) is 6.35. The fraction of sp³-hybridized carbons (Fsp3) is 0.0833. The van der Waals surface area contributed by atoms with Crippen LogP contribution in [0.25, 0.3) is 22.7 Å². The number of hydrogen-bond donors (Lipinski definition) is 1. The molecule has 4 rings (SSSR count). The quantitative estimate of drug-likeness (QED) is 0.358. The van der Waals surface area contributed by atoms with Crippen molar-refractivity contribution >= 4 is 22.7 Å². The summed E-state index contributed by atoms with van der Waals surface area (Å²) in [4.78, 5) is 7.67. The Hall–Kier alpha value is -4.04. The third kappa shape index (κ3) is 4.63. The predicted molar refractivity (Wildman–Crippen MR) is 113 cm³/mol. The van der Waals surface area contributed by atoms with E-state index in [1.54, 1.807) is 6.08 Å². The lowest BCUT2D eigenvalue weighted by Crippen LogP contribution is -2.08. The van der Waals surface area contributed by atoms with E-state index in [2.05, 4.69) is 16.0 Å². The van der Waals surface area contributed by atoms with E-state index in [0.717, 1.165) is 28.1 Å². The summed E-state index contributed by atoms with van der Waals surface area (Å²) in [7, 11) is 0. The van der Waals surface area contributed by atoms with Gasteiger partial charge >= 0.3 is 0 Å². The third-order valence-corrected chi connectivity index (χ3v) is 4.32. The normalized spacial score (nSPS) is 11.2. The van der Waals surface area contributed by atoms with Crippen LogP contribution in [-0.2, 0) is 0 Å². The van der Waals surface area contributed by atoms with Crippen molar-refractivity contribution in [2.75, 3.05) is 13.2 Å². The molecule has 4 aromatic rings. The fourth-order valence-electron chi connectivity index (χ4n) is 2.90. The van der Waals surface area contributed by atoms with E-state index >= 15 is 0 Å². The molecule has 0 aliphatic heterocycles. The number of aromatic nitrogens is 2. The SMILES string of the molecule is N#CC(=Cc1ccc(OCCOc2ccccc2)cc1)c1nc2ccccc2[nH]1. The highest BCUT2D eigenvalue weighted by Gasteiger charge is 2.07. The van der Waals surface area contributed by atoms with Crippen LogP contribution in [0.5, 0.6) is 11.5 Å². The number of rotatable bonds is 7. The molecule has 3 aromatic carbocycles. The Morgan fingerprint density at radius 2 is 1.52 bits per heavy atom. The van der Waals surface area contributed by atoms with Gasteiger partial charge in [-0.05, 0) is 48.0 Å². The number of aromatic amines is 1. The average Bonchev–Trinajstić information content (AvgIpc) is 3.21. The number of allylic oxidation sites excluding steroid dienone is 1. The fourth-order valence-corrected chi connectivity index (χ4v) is 2.90. The van der Waals surface area contributed by atoms with Gasteiger partial charge in [-0.2, -0.15) is 5.26 Å². The van der Waals surface area contributed by atoms with Gasteiger partial charge in [0.05, 0.1) is 16.6 Å². The van der Waals surface area contributed by atoms with E-state index < -0.39 is 0 Å². The van der Waals surface area contributed by atoms with E-state index in [-0.39, 0.29) is 0 Å². The lowest BCUT2D eigenvalue weighted by Gasteiger charge is -2.08. The zero-order valence-electron chi connectivity index (χ0n) is 15.7. The van der Waals surface area contributed by atoms with Gasteiger partial charge in [0.1, 0.15) is 36.6 Å². The summed E-state index contributed by atoms with van der Waals surface area (Å²) in [6.45, 7) is 0.919. The van der Waals surface area contributed by atoms with Crippen molar-refractivity contribution in [3.63, 3.8) is 0 Å². The first-order valence-corrected chi connectivity index (χ1v) is 9.29. The second kappa shape index (κ2) is 8.77. The zero-order chi connectivity index (χ0) is 19.9. The first-order chi connectivity index (χ1) is 14.3. The predicted octanol–water partition coefficient (Wildman–Crippen LogP) is 5.08. The van der Waals surface area contributed by atoms with Gasteiger partial charge in [-0.3, -0.25) is 0 Å². The number of nitriles is 1. The standard InChI is InChI=1S/C24H19N3O2/c25-17-19(24-26-22-8-4-5-9-23(22)27-24)16-18-10-12-21(13-11-18)29-15-14-28-20-6-2-1-3-7-20/h1-13,16H,14-15H2,(H,26,27). The largest absolute Gasteiger partial charge is 0.490 e. The highest BCUT2D eigenvalue weighted by Crippen LogP contribution is 2.20. The van der Waals surface area contributed by atoms with Gasteiger partial charge in [-0.1, -0.05) is 42.5 Å². The number of para-hydroxylation sites is 3. The molecule has 5 heteroatoms. The number of H-pyrrole nitrogens is 1. The van der Waals surface area contributed by atoms with Crippen LogP contribution in [0.15, 0.2) is 78.9 Å². The molecule has 0 aliphatic carbocycles. The van der Waals surface area contributed by atoms with Gasteiger partial charge in [0.25, 0.3) is 0 Å². The molecule has 1 heterocycles. The minimum atomic E-state index is 0.451. The van der Waals surface area contributed by atoms with Crippen LogP contribution >= 0.6 is 0 Å². The number of ether oxygens (including phenoxy) is 2. The first-order valence-electron chi connectivity index (χ1n) is 9.29. The summed E-state index contributed by atoms with van der Waals surface area (Å²) >= 11 is 0.